The van der Waals surface area contributed by atoms with Gasteiger partial charge in [-0.25, -0.2) is 9.18 Å². The number of carbonyl (C=O) groups excluding carboxylic acids is 2. The molecule has 2 unspecified atom stereocenters. The van der Waals surface area contributed by atoms with Crippen LogP contribution in [0.5, 0.6) is 5.75 Å². The Kier molecular flexibility index (Phi) is 8.83. The first kappa shape index (κ1) is 29.8. The fraction of sp³-hybridized carbons (Fsp3) is 0.406. The van der Waals surface area contributed by atoms with Crippen molar-refractivity contribution in [2.45, 2.75) is 51.4 Å². The van der Waals surface area contributed by atoms with E-state index in [1.54, 1.807) is 35.0 Å². The summed E-state index contributed by atoms with van der Waals surface area (Å²) in [6.07, 6.45) is 0.277. The lowest BCUT2D eigenvalue weighted by atomic mass is 9.98. The van der Waals surface area contributed by atoms with Crippen LogP contribution in [0.1, 0.15) is 49.9 Å². The van der Waals surface area contributed by atoms with Gasteiger partial charge < -0.3 is 19.3 Å². The molecule has 0 radical (unpaired) electrons. The van der Waals surface area contributed by atoms with Crippen LogP contribution in [-0.2, 0) is 16.1 Å². The molecule has 216 valence electrons. The second-order valence-corrected chi connectivity index (χ2v) is 11.5. The minimum atomic E-state index is -0.736. The Hall–Kier alpha value is -4.16. The summed E-state index contributed by atoms with van der Waals surface area (Å²) in [4.78, 5) is 32.1. The van der Waals surface area contributed by atoms with E-state index in [2.05, 4.69) is 6.07 Å². The van der Waals surface area contributed by atoms with E-state index in [0.717, 1.165) is 16.3 Å². The minimum Gasteiger partial charge on any atom is -0.495 e. The van der Waals surface area contributed by atoms with E-state index in [1.165, 1.54) is 19.2 Å². The van der Waals surface area contributed by atoms with E-state index >= 15 is 0 Å². The lowest BCUT2D eigenvalue weighted by Gasteiger charge is -2.35. The van der Waals surface area contributed by atoms with Gasteiger partial charge in [-0.05, 0) is 68.8 Å². The van der Waals surface area contributed by atoms with Crippen molar-refractivity contribution >= 4 is 22.8 Å². The summed E-state index contributed by atoms with van der Waals surface area (Å²) in [5.74, 6) is -0.165. The summed E-state index contributed by atoms with van der Waals surface area (Å²) < 4.78 is 25.1. The standard InChI is InChI=1S/C32H37FN4O4/c1-32(2,3)41-31(39)37-16-15-25(19-37)36(5)28(21-11-13-24(33)14-12-21)30(38)35(4)20-27-26-10-8-7-9-22(26)17-23(18-34)29(27)40-6/h7-14,17,25,28H,15-16,19-20H2,1-6H3. The maximum atomic E-state index is 14.2. The molecule has 8 nitrogen and oxygen atoms in total. The van der Waals surface area contributed by atoms with Gasteiger partial charge in [0, 0.05) is 38.3 Å². The van der Waals surface area contributed by atoms with Crippen LogP contribution >= 0.6 is 0 Å². The molecule has 0 bridgehead atoms. The van der Waals surface area contributed by atoms with Gasteiger partial charge in [0.05, 0.1) is 12.7 Å². The molecule has 4 rings (SSSR count). The summed E-state index contributed by atoms with van der Waals surface area (Å²) >= 11 is 0. The molecular weight excluding hydrogens is 523 g/mol. The summed E-state index contributed by atoms with van der Waals surface area (Å²) in [6.45, 7) is 6.59. The molecule has 0 saturated carbocycles. The van der Waals surface area contributed by atoms with Crippen LogP contribution in [0.2, 0.25) is 0 Å². The van der Waals surface area contributed by atoms with E-state index in [-0.39, 0.29) is 24.6 Å². The SMILES string of the molecule is COc1c(C#N)cc2ccccc2c1CN(C)C(=O)C(c1ccc(F)cc1)N(C)C1CCN(C(=O)OC(C)(C)C)C1. The van der Waals surface area contributed by atoms with Gasteiger partial charge in [0.15, 0.2) is 0 Å². The third kappa shape index (κ3) is 6.60. The van der Waals surface area contributed by atoms with E-state index in [0.29, 0.717) is 36.4 Å². The third-order valence-electron chi connectivity index (χ3n) is 7.42. The van der Waals surface area contributed by atoms with Gasteiger partial charge >= 0.3 is 6.09 Å². The number of nitriles is 1. The van der Waals surface area contributed by atoms with Gasteiger partial charge in [-0.15, -0.1) is 0 Å². The maximum absolute atomic E-state index is 14.2. The van der Waals surface area contributed by atoms with Crippen molar-refractivity contribution in [2.75, 3.05) is 34.3 Å². The number of methoxy groups -OCH3 is 1. The summed E-state index contributed by atoms with van der Waals surface area (Å²) in [7, 11) is 5.08. The largest absolute Gasteiger partial charge is 0.495 e. The molecule has 0 N–H and O–H groups in total. The number of benzene rings is 3. The zero-order chi connectivity index (χ0) is 29.9. The van der Waals surface area contributed by atoms with Gasteiger partial charge in [0.25, 0.3) is 0 Å². The Labute approximate surface area is 240 Å². The Morgan fingerprint density at radius 3 is 2.46 bits per heavy atom. The first-order valence-electron chi connectivity index (χ1n) is 13.6. The van der Waals surface area contributed by atoms with Crippen LogP contribution < -0.4 is 4.74 Å². The van der Waals surface area contributed by atoms with Gasteiger partial charge in [-0.3, -0.25) is 9.69 Å². The zero-order valence-corrected chi connectivity index (χ0v) is 24.5. The maximum Gasteiger partial charge on any atom is 0.410 e. The molecule has 41 heavy (non-hydrogen) atoms. The Morgan fingerprint density at radius 1 is 1.15 bits per heavy atom. The predicted octanol–water partition coefficient (Wildman–Crippen LogP) is 5.50. The molecule has 0 aliphatic carbocycles. The fourth-order valence-corrected chi connectivity index (χ4v) is 5.38. The van der Waals surface area contributed by atoms with E-state index < -0.39 is 17.5 Å². The first-order chi connectivity index (χ1) is 19.4. The minimum absolute atomic E-state index is 0.118. The van der Waals surface area contributed by atoms with Crippen molar-refractivity contribution in [3.8, 4) is 11.8 Å². The molecule has 3 aromatic carbocycles. The second kappa shape index (κ2) is 12.1. The number of fused-ring (bicyclic) bond motifs is 1. The zero-order valence-electron chi connectivity index (χ0n) is 24.5. The Morgan fingerprint density at radius 2 is 1.83 bits per heavy atom. The van der Waals surface area contributed by atoms with Crippen LogP contribution in [0, 0.1) is 17.1 Å². The molecule has 9 heteroatoms. The average molecular weight is 561 g/mol. The molecule has 0 aromatic heterocycles. The number of hydrogen-bond donors (Lipinski definition) is 0. The summed E-state index contributed by atoms with van der Waals surface area (Å²) in [5, 5.41) is 11.5. The smallest absolute Gasteiger partial charge is 0.410 e. The quantitative estimate of drug-likeness (QED) is 0.379. The Bertz CT molecular complexity index is 1460. The molecule has 0 spiro atoms. The molecule has 2 amide bonds. The highest BCUT2D eigenvalue weighted by atomic mass is 19.1. The lowest BCUT2D eigenvalue weighted by Crippen LogP contribution is -2.45. The predicted molar refractivity (Wildman–Crippen MR) is 155 cm³/mol. The van der Waals surface area contributed by atoms with Crippen LogP contribution in [0.3, 0.4) is 0 Å². The van der Waals surface area contributed by atoms with Crippen LogP contribution in [0.4, 0.5) is 9.18 Å². The molecule has 1 fully saturated rings. The monoisotopic (exact) mass is 560 g/mol. The summed E-state index contributed by atoms with van der Waals surface area (Å²) in [5.41, 5.74) is 1.16. The van der Waals surface area contributed by atoms with Crippen LogP contribution in [0.15, 0.2) is 54.6 Å². The van der Waals surface area contributed by atoms with Crippen molar-refractivity contribution in [3.63, 3.8) is 0 Å². The lowest BCUT2D eigenvalue weighted by molar-refractivity contribution is -0.136. The first-order valence-corrected chi connectivity index (χ1v) is 13.6. The number of halogens is 1. The highest BCUT2D eigenvalue weighted by Gasteiger charge is 2.38. The van der Waals surface area contributed by atoms with Crippen molar-refractivity contribution < 1.29 is 23.5 Å². The van der Waals surface area contributed by atoms with Gasteiger partial charge in [0.2, 0.25) is 5.91 Å². The van der Waals surface area contributed by atoms with E-state index in [4.69, 9.17) is 9.47 Å². The van der Waals surface area contributed by atoms with Crippen molar-refractivity contribution in [1.82, 2.24) is 14.7 Å². The second-order valence-electron chi connectivity index (χ2n) is 11.5. The molecule has 1 aliphatic rings. The number of rotatable bonds is 7. The molecule has 2 atom stereocenters. The van der Waals surface area contributed by atoms with Crippen LogP contribution in [0.25, 0.3) is 10.8 Å². The number of likely N-dealkylation sites (N-methyl/N-ethyl adjacent to an activating group) is 2. The van der Waals surface area contributed by atoms with Gasteiger partial charge in [0.1, 0.15) is 29.3 Å². The number of ether oxygens (including phenoxy) is 2. The van der Waals surface area contributed by atoms with E-state index in [9.17, 15) is 19.2 Å². The highest BCUT2D eigenvalue weighted by Crippen LogP contribution is 2.34. The average Bonchev–Trinajstić information content (AvgIpc) is 3.43. The van der Waals surface area contributed by atoms with Crippen molar-refractivity contribution in [1.29, 1.82) is 5.26 Å². The molecule has 1 heterocycles. The van der Waals surface area contributed by atoms with Gasteiger partial charge in [-0.1, -0.05) is 36.4 Å². The Balaban J connectivity index is 1.64. The number of amides is 2. The number of hydrogen-bond acceptors (Lipinski definition) is 6. The number of nitrogens with zero attached hydrogens (tertiary/aromatic N) is 4. The normalized spacial score (nSPS) is 16.0. The van der Waals surface area contributed by atoms with Gasteiger partial charge in [-0.2, -0.15) is 5.26 Å². The summed E-state index contributed by atoms with van der Waals surface area (Å²) in [6, 6.07) is 16.7. The molecular formula is C32H37FN4O4. The number of likely N-dealkylation sites (tertiary alicyclic amines) is 1. The topological polar surface area (TPSA) is 86.1 Å². The highest BCUT2D eigenvalue weighted by molar-refractivity contribution is 5.91. The molecule has 3 aromatic rings. The van der Waals surface area contributed by atoms with Crippen LogP contribution in [-0.4, -0.2) is 72.6 Å². The number of carbonyl (C=O) groups is 2. The molecule has 1 aliphatic heterocycles. The van der Waals surface area contributed by atoms with Crippen molar-refractivity contribution in [2.24, 2.45) is 0 Å². The molecule has 1 saturated heterocycles. The fourth-order valence-electron chi connectivity index (χ4n) is 5.38. The van der Waals surface area contributed by atoms with Crippen molar-refractivity contribution in [3.05, 3.63) is 77.1 Å². The van der Waals surface area contributed by atoms with E-state index in [1.807, 2.05) is 57.0 Å². The third-order valence-corrected chi connectivity index (χ3v) is 7.42.